The molecule has 1 saturated heterocycles. The lowest BCUT2D eigenvalue weighted by atomic mass is 9.78. The first-order valence-electron chi connectivity index (χ1n) is 9.84. The number of thioether (sulfide) groups is 1. The van der Waals surface area contributed by atoms with Crippen LogP contribution in [0, 0.1) is 11.8 Å². The third kappa shape index (κ3) is 5.25. The largest absolute Gasteiger partial charge is 0.379 e. The maximum absolute atomic E-state index is 12.6. The van der Waals surface area contributed by atoms with Gasteiger partial charge in [0.2, 0.25) is 15.9 Å². The molecular weight excluding hydrogens is 398 g/mol. The van der Waals surface area contributed by atoms with Crippen LogP contribution in [0.2, 0.25) is 0 Å². The molecule has 9 heteroatoms. The van der Waals surface area contributed by atoms with Crippen molar-refractivity contribution in [2.24, 2.45) is 11.8 Å². The molecule has 1 N–H and O–H groups in total. The fraction of sp³-hybridized carbons (Fsp3) is 0.684. The van der Waals surface area contributed by atoms with E-state index in [0.29, 0.717) is 43.2 Å². The van der Waals surface area contributed by atoms with Crippen molar-refractivity contribution in [2.75, 3.05) is 32.1 Å². The van der Waals surface area contributed by atoms with E-state index in [1.807, 2.05) is 0 Å². The van der Waals surface area contributed by atoms with Gasteiger partial charge in [-0.1, -0.05) is 38.5 Å². The summed E-state index contributed by atoms with van der Waals surface area (Å²) < 4.78 is 31.8. The number of carbonyl (C=O) groups excluding carboxylic acids is 1. The fourth-order valence-electron chi connectivity index (χ4n) is 3.71. The Balaban J connectivity index is 1.52. The molecule has 1 amide bonds. The van der Waals surface area contributed by atoms with E-state index in [2.05, 4.69) is 24.1 Å². The standard InChI is InChI=1S/C19H29N3O4S2/c1-14-4-3-5-17(15(14)2)21-18(23)13-27-19-7-6-16(12-20-19)28(24,25)22-8-10-26-11-9-22/h6-7,12,14-15,17H,3-5,8-11,13H2,1-2H3,(H,21,23)/t14-,15+,17+/m0/s1. The van der Waals surface area contributed by atoms with E-state index in [1.54, 1.807) is 12.1 Å². The minimum absolute atomic E-state index is 0.00256. The van der Waals surface area contributed by atoms with Crippen molar-refractivity contribution in [1.82, 2.24) is 14.6 Å². The summed E-state index contributed by atoms with van der Waals surface area (Å²) in [5, 5.41) is 3.79. The summed E-state index contributed by atoms with van der Waals surface area (Å²) in [5.74, 6) is 1.41. The van der Waals surface area contributed by atoms with Crippen LogP contribution in [0.4, 0.5) is 0 Å². The zero-order valence-electron chi connectivity index (χ0n) is 16.5. The van der Waals surface area contributed by atoms with E-state index in [1.165, 1.54) is 28.7 Å². The molecule has 1 aromatic rings. The molecule has 1 aliphatic carbocycles. The zero-order valence-corrected chi connectivity index (χ0v) is 18.1. The van der Waals surface area contributed by atoms with Gasteiger partial charge < -0.3 is 10.1 Å². The van der Waals surface area contributed by atoms with Crippen LogP contribution in [0.25, 0.3) is 0 Å². The normalized spacial score (nSPS) is 26.7. The van der Waals surface area contributed by atoms with Crippen molar-refractivity contribution in [3.05, 3.63) is 18.3 Å². The minimum Gasteiger partial charge on any atom is -0.379 e. The summed E-state index contributed by atoms with van der Waals surface area (Å²) in [4.78, 5) is 16.7. The van der Waals surface area contributed by atoms with E-state index in [9.17, 15) is 13.2 Å². The highest BCUT2D eigenvalue weighted by Crippen LogP contribution is 2.29. The van der Waals surface area contributed by atoms with Crippen molar-refractivity contribution >= 4 is 27.7 Å². The fourth-order valence-corrected chi connectivity index (χ4v) is 5.72. The van der Waals surface area contributed by atoms with E-state index in [0.717, 1.165) is 12.8 Å². The van der Waals surface area contributed by atoms with Gasteiger partial charge in [0.1, 0.15) is 4.90 Å². The van der Waals surface area contributed by atoms with E-state index in [-0.39, 0.29) is 22.6 Å². The molecule has 3 rings (SSSR count). The maximum Gasteiger partial charge on any atom is 0.244 e. The highest BCUT2D eigenvalue weighted by molar-refractivity contribution is 7.99. The smallest absolute Gasteiger partial charge is 0.244 e. The number of hydrogen-bond donors (Lipinski definition) is 1. The van der Waals surface area contributed by atoms with Crippen LogP contribution < -0.4 is 5.32 Å². The van der Waals surface area contributed by atoms with Gasteiger partial charge in [0.25, 0.3) is 0 Å². The van der Waals surface area contributed by atoms with Crippen LogP contribution in [0.1, 0.15) is 33.1 Å². The molecule has 0 radical (unpaired) electrons. The highest BCUT2D eigenvalue weighted by atomic mass is 32.2. The van der Waals surface area contributed by atoms with Gasteiger partial charge in [0, 0.05) is 25.3 Å². The summed E-state index contributed by atoms with van der Waals surface area (Å²) in [6, 6.07) is 3.46. The van der Waals surface area contributed by atoms with Crippen LogP contribution in [0.3, 0.4) is 0 Å². The Morgan fingerprint density at radius 3 is 2.71 bits per heavy atom. The Kier molecular flexibility index (Phi) is 7.36. The van der Waals surface area contributed by atoms with Crippen molar-refractivity contribution in [3.8, 4) is 0 Å². The van der Waals surface area contributed by atoms with Gasteiger partial charge in [-0.05, 0) is 30.4 Å². The molecule has 0 spiro atoms. The first-order valence-corrected chi connectivity index (χ1v) is 12.3. The number of hydrogen-bond acceptors (Lipinski definition) is 6. The number of aromatic nitrogens is 1. The lowest BCUT2D eigenvalue weighted by Crippen LogP contribution is -2.44. The van der Waals surface area contributed by atoms with Gasteiger partial charge in [-0.25, -0.2) is 13.4 Å². The Hall–Kier alpha value is -1.16. The number of pyridine rings is 1. The first kappa shape index (κ1) is 21.5. The van der Waals surface area contributed by atoms with Gasteiger partial charge in [0.05, 0.1) is 24.0 Å². The van der Waals surface area contributed by atoms with E-state index >= 15 is 0 Å². The topological polar surface area (TPSA) is 88.6 Å². The van der Waals surface area contributed by atoms with Gasteiger partial charge in [-0.2, -0.15) is 4.31 Å². The molecule has 0 aromatic carbocycles. The molecule has 0 unspecified atom stereocenters. The SMILES string of the molecule is C[C@@H]1[C@@H](C)CCC[C@H]1NC(=O)CSc1ccc(S(=O)(=O)N2CCOCC2)cn1. The molecule has 7 nitrogen and oxygen atoms in total. The summed E-state index contributed by atoms with van der Waals surface area (Å²) in [6.07, 6.45) is 4.79. The molecule has 28 heavy (non-hydrogen) atoms. The lowest BCUT2D eigenvalue weighted by Gasteiger charge is -2.34. The molecule has 156 valence electrons. The number of sulfonamides is 1. The second-order valence-corrected chi connectivity index (χ2v) is 10.5. The van der Waals surface area contributed by atoms with Gasteiger partial charge >= 0.3 is 0 Å². The number of nitrogens with zero attached hydrogens (tertiary/aromatic N) is 2. The van der Waals surface area contributed by atoms with Crippen LogP contribution >= 0.6 is 11.8 Å². The number of morpholine rings is 1. The zero-order chi connectivity index (χ0) is 20.1. The second-order valence-electron chi connectivity index (χ2n) is 7.58. The molecule has 0 bridgehead atoms. The van der Waals surface area contributed by atoms with Crippen molar-refractivity contribution in [1.29, 1.82) is 0 Å². The first-order chi connectivity index (χ1) is 13.4. The van der Waals surface area contributed by atoms with Crippen LogP contribution in [-0.4, -0.2) is 61.7 Å². The van der Waals surface area contributed by atoms with Crippen LogP contribution in [-0.2, 0) is 19.6 Å². The third-order valence-corrected chi connectivity index (χ3v) is 8.55. The van der Waals surface area contributed by atoms with E-state index in [4.69, 9.17) is 4.74 Å². The highest BCUT2D eigenvalue weighted by Gasteiger charge is 2.28. The van der Waals surface area contributed by atoms with E-state index < -0.39 is 10.0 Å². The number of nitrogens with one attached hydrogen (secondary N) is 1. The lowest BCUT2D eigenvalue weighted by molar-refractivity contribution is -0.120. The average molecular weight is 428 g/mol. The monoisotopic (exact) mass is 427 g/mol. The summed E-state index contributed by atoms with van der Waals surface area (Å²) >= 11 is 1.32. The molecule has 2 heterocycles. The quantitative estimate of drug-likeness (QED) is 0.700. The van der Waals surface area contributed by atoms with Crippen molar-refractivity contribution in [2.45, 2.75) is 49.1 Å². The molecule has 1 saturated carbocycles. The summed E-state index contributed by atoms with van der Waals surface area (Å²) in [6.45, 7) is 5.99. The molecule has 2 aliphatic rings. The van der Waals surface area contributed by atoms with Gasteiger partial charge in [-0.15, -0.1) is 0 Å². The number of rotatable bonds is 6. The second kappa shape index (κ2) is 9.56. The minimum atomic E-state index is -3.54. The van der Waals surface area contributed by atoms with Gasteiger partial charge in [0.15, 0.2) is 0 Å². The number of ether oxygens (including phenoxy) is 1. The van der Waals surface area contributed by atoms with Crippen molar-refractivity contribution in [3.63, 3.8) is 0 Å². The Labute approximate surface area is 171 Å². The number of carbonyl (C=O) groups is 1. The summed E-state index contributed by atoms with van der Waals surface area (Å²) in [7, 11) is -3.54. The molecule has 1 aromatic heterocycles. The molecule has 3 atom stereocenters. The molecular formula is C19H29N3O4S2. The van der Waals surface area contributed by atoms with Gasteiger partial charge in [-0.3, -0.25) is 4.79 Å². The summed E-state index contributed by atoms with van der Waals surface area (Å²) in [5.41, 5.74) is 0. The predicted molar refractivity (Wildman–Crippen MR) is 109 cm³/mol. The molecule has 1 aliphatic heterocycles. The average Bonchev–Trinajstić information content (AvgIpc) is 2.71. The number of amides is 1. The van der Waals surface area contributed by atoms with Crippen LogP contribution in [0.15, 0.2) is 28.3 Å². The Morgan fingerprint density at radius 2 is 2.04 bits per heavy atom. The molecule has 2 fully saturated rings. The maximum atomic E-state index is 12.6. The Morgan fingerprint density at radius 1 is 1.29 bits per heavy atom. The van der Waals surface area contributed by atoms with Crippen LogP contribution in [0.5, 0.6) is 0 Å². The van der Waals surface area contributed by atoms with Crippen molar-refractivity contribution < 1.29 is 17.9 Å². The third-order valence-electron chi connectivity index (χ3n) is 5.72. The predicted octanol–water partition coefficient (Wildman–Crippen LogP) is 2.14. The Bertz CT molecular complexity index is 764.